The first-order chi connectivity index (χ1) is 11.9. The van der Waals surface area contributed by atoms with Crippen LogP contribution in [0.1, 0.15) is 16.3 Å². The van der Waals surface area contributed by atoms with Crippen LogP contribution in [0.4, 0.5) is 10.1 Å². The molecule has 1 aliphatic rings. The van der Waals surface area contributed by atoms with Gasteiger partial charge in [-0.25, -0.2) is 22.5 Å². The molecule has 0 unspecified atom stereocenters. The molecular formula is C16H21FN4O2S2. The molecule has 2 heterocycles. The lowest BCUT2D eigenvalue weighted by Crippen LogP contribution is -2.43. The normalized spacial score (nSPS) is 15.6. The van der Waals surface area contributed by atoms with Crippen LogP contribution in [-0.4, -0.2) is 39.6 Å². The minimum absolute atomic E-state index is 0.0392. The van der Waals surface area contributed by atoms with Gasteiger partial charge >= 0.3 is 0 Å². The zero-order valence-electron chi connectivity index (χ0n) is 14.2. The standard InChI is InChI=1S/C16H21FN4O2S2/c1-11-16(24-12(2)20-11)25(22,23)19-10-13-3-4-15(14(17)9-13)21-7-5-18-6-8-21/h3-4,9,18-19H,5-8,10H2,1-2H3. The highest BCUT2D eigenvalue weighted by atomic mass is 32.2. The van der Waals surface area contributed by atoms with Crippen LogP contribution in [0.15, 0.2) is 22.4 Å². The number of piperazine rings is 1. The summed E-state index contributed by atoms with van der Waals surface area (Å²) in [6.07, 6.45) is 0. The van der Waals surface area contributed by atoms with Gasteiger partial charge in [-0.1, -0.05) is 6.07 Å². The first kappa shape index (κ1) is 18.2. The number of thiazole rings is 1. The molecule has 6 nitrogen and oxygen atoms in total. The van der Waals surface area contributed by atoms with Gasteiger partial charge in [-0.3, -0.25) is 0 Å². The van der Waals surface area contributed by atoms with Gasteiger partial charge in [0.1, 0.15) is 5.82 Å². The summed E-state index contributed by atoms with van der Waals surface area (Å²) in [4.78, 5) is 6.13. The van der Waals surface area contributed by atoms with Crippen molar-refractivity contribution in [2.75, 3.05) is 31.1 Å². The van der Waals surface area contributed by atoms with Gasteiger partial charge in [0, 0.05) is 32.7 Å². The van der Waals surface area contributed by atoms with E-state index in [4.69, 9.17) is 0 Å². The molecule has 2 aromatic rings. The minimum Gasteiger partial charge on any atom is -0.367 e. The quantitative estimate of drug-likeness (QED) is 0.822. The van der Waals surface area contributed by atoms with Crippen LogP contribution in [-0.2, 0) is 16.6 Å². The molecule has 1 fully saturated rings. The highest BCUT2D eigenvalue weighted by Gasteiger charge is 2.21. The molecule has 0 spiro atoms. The summed E-state index contributed by atoms with van der Waals surface area (Å²) in [6, 6.07) is 4.87. The Kier molecular flexibility index (Phi) is 5.38. The van der Waals surface area contributed by atoms with E-state index < -0.39 is 10.0 Å². The van der Waals surface area contributed by atoms with E-state index in [1.807, 2.05) is 4.90 Å². The number of anilines is 1. The van der Waals surface area contributed by atoms with Crippen molar-refractivity contribution in [3.05, 3.63) is 40.3 Å². The third-order valence-electron chi connectivity index (χ3n) is 4.04. The topological polar surface area (TPSA) is 74.3 Å². The number of halogens is 1. The summed E-state index contributed by atoms with van der Waals surface area (Å²) in [7, 11) is -3.65. The summed E-state index contributed by atoms with van der Waals surface area (Å²) in [6.45, 7) is 6.64. The minimum atomic E-state index is -3.65. The van der Waals surface area contributed by atoms with Crippen molar-refractivity contribution in [2.24, 2.45) is 0 Å². The summed E-state index contributed by atoms with van der Waals surface area (Å²) in [5.74, 6) is -0.330. The summed E-state index contributed by atoms with van der Waals surface area (Å²) < 4.78 is 41.9. The predicted octanol–water partition coefficient (Wildman–Crippen LogP) is 1.79. The van der Waals surface area contributed by atoms with E-state index in [1.165, 1.54) is 6.07 Å². The Balaban J connectivity index is 1.71. The maximum atomic E-state index is 14.4. The van der Waals surface area contributed by atoms with Gasteiger partial charge in [0.25, 0.3) is 10.0 Å². The van der Waals surface area contributed by atoms with Crippen molar-refractivity contribution >= 4 is 27.0 Å². The number of aryl methyl sites for hydroxylation is 2. The predicted molar refractivity (Wildman–Crippen MR) is 97.1 cm³/mol. The second kappa shape index (κ2) is 7.36. The third kappa shape index (κ3) is 4.17. The Bertz CT molecular complexity index is 861. The van der Waals surface area contributed by atoms with Crippen molar-refractivity contribution in [1.82, 2.24) is 15.0 Å². The fourth-order valence-electron chi connectivity index (χ4n) is 2.83. The van der Waals surface area contributed by atoms with Gasteiger partial charge in [-0.2, -0.15) is 0 Å². The molecule has 25 heavy (non-hydrogen) atoms. The van der Waals surface area contributed by atoms with Crippen LogP contribution in [0.25, 0.3) is 0 Å². The van der Waals surface area contributed by atoms with Gasteiger partial charge < -0.3 is 10.2 Å². The van der Waals surface area contributed by atoms with Crippen LogP contribution in [0.5, 0.6) is 0 Å². The molecule has 3 rings (SSSR count). The van der Waals surface area contributed by atoms with Gasteiger partial charge in [0.2, 0.25) is 0 Å². The molecule has 1 aromatic carbocycles. The van der Waals surface area contributed by atoms with E-state index in [0.717, 1.165) is 37.5 Å². The highest BCUT2D eigenvalue weighted by Crippen LogP contribution is 2.24. The van der Waals surface area contributed by atoms with E-state index in [-0.39, 0.29) is 16.6 Å². The van der Waals surface area contributed by atoms with E-state index in [2.05, 4.69) is 15.0 Å². The van der Waals surface area contributed by atoms with E-state index in [9.17, 15) is 12.8 Å². The van der Waals surface area contributed by atoms with E-state index >= 15 is 0 Å². The van der Waals surface area contributed by atoms with Gasteiger partial charge in [-0.15, -0.1) is 11.3 Å². The van der Waals surface area contributed by atoms with Crippen LogP contribution in [0.2, 0.25) is 0 Å². The molecule has 0 amide bonds. The average molecular weight is 385 g/mol. The number of aromatic nitrogens is 1. The van der Waals surface area contributed by atoms with Crippen molar-refractivity contribution < 1.29 is 12.8 Å². The van der Waals surface area contributed by atoms with Crippen LogP contribution in [0.3, 0.4) is 0 Å². The summed E-state index contributed by atoms with van der Waals surface area (Å²) >= 11 is 1.13. The van der Waals surface area contributed by atoms with Gasteiger partial charge in [-0.05, 0) is 31.5 Å². The number of hydrogen-bond acceptors (Lipinski definition) is 6. The first-order valence-electron chi connectivity index (χ1n) is 8.04. The van der Waals surface area contributed by atoms with Crippen molar-refractivity contribution in [1.29, 1.82) is 0 Å². The molecule has 2 N–H and O–H groups in total. The Morgan fingerprint density at radius 3 is 2.64 bits per heavy atom. The summed E-state index contributed by atoms with van der Waals surface area (Å²) in [5.41, 5.74) is 1.62. The zero-order chi connectivity index (χ0) is 18.0. The molecule has 1 aliphatic heterocycles. The Morgan fingerprint density at radius 1 is 1.32 bits per heavy atom. The Hall–Kier alpha value is -1.55. The average Bonchev–Trinajstić information content (AvgIpc) is 2.93. The molecule has 1 aromatic heterocycles. The number of benzene rings is 1. The monoisotopic (exact) mass is 384 g/mol. The van der Waals surface area contributed by atoms with Crippen LogP contribution >= 0.6 is 11.3 Å². The highest BCUT2D eigenvalue weighted by molar-refractivity contribution is 7.91. The number of rotatable bonds is 5. The molecule has 136 valence electrons. The lowest BCUT2D eigenvalue weighted by Gasteiger charge is -2.29. The number of sulfonamides is 1. The molecule has 0 atom stereocenters. The molecule has 0 radical (unpaired) electrons. The van der Waals surface area contributed by atoms with Gasteiger partial charge in [0.15, 0.2) is 4.21 Å². The van der Waals surface area contributed by atoms with Crippen molar-refractivity contribution in [3.63, 3.8) is 0 Å². The van der Waals surface area contributed by atoms with E-state index in [1.54, 1.807) is 26.0 Å². The molecule has 0 saturated carbocycles. The van der Waals surface area contributed by atoms with Crippen LogP contribution in [0, 0.1) is 19.7 Å². The van der Waals surface area contributed by atoms with Crippen molar-refractivity contribution in [3.8, 4) is 0 Å². The molecular weight excluding hydrogens is 363 g/mol. The fraction of sp³-hybridized carbons (Fsp3) is 0.438. The Labute approximate surface area is 151 Å². The lowest BCUT2D eigenvalue weighted by molar-refractivity contribution is 0.564. The van der Waals surface area contributed by atoms with Gasteiger partial charge in [0.05, 0.1) is 16.4 Å². The zero-order valence-corrected chi connectivity index (χ0v) is 15.8. The van der Waals surface area contributed by atoms with Crippen LogP contribution < -0.4 is 14.9 Å². The molecule has 0 aliphatic carbocycles. The van der Waals surface area contributed by atoms with E-state index in [0.29, 0.717) is 22.0 Å². The summed E-state index contributed by atoms with van der Waals surface area (Å²) in [5, 5.41) is 3.93. The molecule has 9 heteroatoms. The smallest absolute Gasteiger partial charge is 0.252 e. The Morgan fingerprint density at radius 2 is 2.04 bits per heavy atom. The third-order valence-corrected chi connectivity index (χ3v) is 7.12. The molecule has 0 bridgehead atoms. The number of nitrogens with zero attached hydrogens (tertiary/aromatic N) is 2. The first-order valence-corrected chi connectivity index (χ1v) is 10.3. The second-order valence-corrected chi connectivity index (χ2v) is 9.12. The maximum absolute atomic E-state index is 14.4. The maximum Gasteiger partial charge on any atom is 0.252 e. The fourth-order valence-corrected chi connectivity index (χ4v) is 5.37. The SMILES string of the molecule is Cc1nc(C)c(S(=O)(=O)NCc2ccc(N3CCNCC3)c(F)c2)s1. The number of nitrogens with one attached hydrogen (secondary N) is 2. The molecule has 1 saturated heterocycles. The second-order valence-electron chi connectivity index (χ2n) is 5.95. The van der Waals surface area contributed by atoms with Crippen molar-refractivity contribution in [2.45, 2.75) is 24.6 Å². The lowest BCUT2D eigenvalue weighted by atomic mass is 10.1. The largest absolute Gasteiger partial charge is 0.367 e. The number of hydrogen-bond donors (Lipinski definition) is 2.